The first-order chi connectivity index (χ1) is 14.6. The topological polar surface area (TPSA) is 75.7 Å². The molecule has 0 atom stereocenters. The van der Waals surface area contributed by atoms with Crippen molar-refractivity contribution in [1.82, 2.24) is 4.90 Å². The Hall–Kier alpha value is -2.67. The lowest BCUT2D eigenvalue weighted by molar-refractivity contribution is -0.128. The van der Waals surface area contributed by atoms with E-state index < -0.39 is 0 Å². The van der Waals surface area contributed by atoms with Crippen LogP contribution in [0.5, 0.6) is 0 Å². The zero-order chi connectivity index (χ0) is 21.1. The third-order valence-electron chi connectivity index (χ3n) is 5.64. The summed E-state index contributed by atoms with van der Waals surface area (Å²) in [5.41, 5.74) is 3.08. The van der Waals surface area contributed by atoms with Gasteiger partial charge in [0.05, 0.1) is 12.2 Å². The van der Waals surface area contributed by atoms with E-state index in [-0.39, 0.29) is 17.8 Å². The number of carbonyl (C=O) groups is 3. The standard InChI is InChI=1S/C23H26N2O4S/c1-2-29-23(28)20-17-6-3-4-7-18(17)30-22(20)24-21(27)16-11-9-15(10-12-16)14-25-13-5-8-19(25)26/h9-12H,2-8,13-14H2,1H3,(H,24,27). The van der Waals surface area contributed by atoms with Crippen molar-refractivity contribution < 1.29 is 19.1 Å². The van der Waals surface area contributed by atoms with Crippen molar-refractivity contribution in [1.29, 1.82) is 0 Å². The Morgan fingerprint density at radius 1 is 1.10 bits per heavy atom. The molecule has 2 aromatic rings. The monoisotopic (exact) mass is 426 g/mol. The molecule has 6 nitrogen and oxygen atoms in total. The lowest BCUT2D eigenvalue weighted by Gasteiger charge is -2.15. The van der Waals surface area contributed by atoms with Gasteiger partial charge in [-0.2, -0.15) is 0 Å². The van der Waals surface area contributed by atoms with Crippen LogP contribution in [0, 0.1) is 0 Å². The van der Waals surface area contributed by atoms with Crippen LogP contribution in [0.2, 0.25) is 0 Å². The van der Waals surface area contributed by atoms with Crippen molar-refractivity contribution >= 4 is 34.1 Å². The van der Waals surface area contributed by atoms with Gasteiger partial charge in [0, 0.05) is 30.0 Å². The Kier molecular flexibility index (Phi) is 6.18. The fourth-order valence-electron chi connectivity index (χ4n) is 4.10. The van der Waals surface area contributed by atoms with Gasteiger partial charge in [-0.15, -0.1) is 11.3 Å². The van der Waals surface area contributed by atoms with E-state index in [0.717, 1.165) is 49.8 Å². The maximum Gasteiger partial charge on any atom is 0.341 e. The van der Waals surface area contributed by atoms with E-state index >= 15 is 0 Å². The number of hydrogen-bond acceptors (Lipinski definition) is 5. The van der Waals surface area contributed by atoms with Crippen LogP contribution in [0.15, 0.2) is 24.3 Å². The van der Waals surface area contributed by atoms with Crippen LogP contribution >= 0.6 is 11.3 Å². The molecule has 1 aromatic carbocycles. The number of anilines is 1. The Labute approximate surface area is 180 Å². The average molecular weight is 427 g/mol. The molecule has 1 aliphatic carbocycles. The summed E-state index contributed by atoms with van der Waals surface area (Å²) in [5, 5.41) is 3.52. The van der Waals surface area contributed by atoms with Crippen LogP contribution in [0.4, 0.5) is 5.00 Å². The molecule has 158 valence electrons. The number of nitrogens with zero attached hydrogens (tertiary/aromatic N) is 1. The highest BCUT2D eigenvalue weighted by Gasteiger charge is 2.27. The Morgan fingerprint density at radius 2 is 1.87 bits per heavy atom. The minimum absolute atomic E-state index is 0.185. The molecule has 7 heteroatoms. The van der Waals surface area contributed by atoms with Crippen molar-refractivity contribution in [3.63, 3.8) is 0 Å². The highest BCUT2D eigenvalue weighted by atomic mass is 32.1. The van der Waals surface area contributed by atoms with Crippen LogP contribution in [-0.2, 0) is 28.9 Å². The van der Waals surface area contributed by atoms with Gasteiger partial charge in [0.15, 0.2) is 0 Å². The fourth-order valence-corrected chi connectivity index (χ4v) is 5.37. The molecule has 1 fully saturated rings. The van der Waals surface area contributed by atoms with E-state index in [2.05, 4.69) is 5.32 Å². The predicted octanol–water partition coefficient (Wildman–Crippen LogP) is 4.18. The van der Waals surface area contributed by atoms with Gasteiger partial charge < -0.3 is 15.0 Å². The van der Waals surface area contributed by atoms with Crippen LogP contribution in [0.3, 0.4) is 0 Å². The second-order valence-corrected chi connectivity index (χ2v) is 8.81. The van der Waals surface area contributed by atoms with Gasteiger partial charge in [-0.05, 0) is 62.3 Å². The van der Waals surface area contributed by atoms with Gasteiger partial charge in [0.2, 0.25) is 5.91 Å². The number of thiophene rings is 1. The van der Waals surface area contributed by atoms with Gasteiger partial charge in [0.25, 0.3) is 5.91 Å². The van der Waals surface area contributed by atoms with E-state index in [0.29, 0.717) is 35.7 Å². The van der Waals surface area contributed by atoms with Crippen LogP contribution in [-0.4, -0.2) is 35.8 Å². The normalized spacial score (nSPS) is 15.8. The summed E-state index contributed by atoms with van der Waals surface area (Å²) in [6.07, 6.45) is 5.46. The second kappa shape index (κ2) is 9.00. The smallest absolute Gasteiger partial charge is 0.341 e. The lowest BCUT2D eigenvalue weighted by atomic mass is 9.95. The number of esters is 1. The third kappa shape index (κ3) is 4.26. The molecule has 4 rings (SSSR count). The van der Waals surface area contributed by atoms with E-state index in [1.165, 1.54) is 16.2 Å². The first-order valence-corrected chi connectivity index (χ1v) is 11.4. The summed E-state index contributed by atoms with van der Waals surface area (Å²) < 4.78 is 5.25. The van der Waals surface area contributed by atoms with E-state index in [4.69, 9.17) is 4.74 Å². The minimum atomic E-state index is -0.363. The largest absolute Gasteiger partial charge is 0.462 e. The van der Waals surface area contributed by atoms with Crippen molar-refractivity contribution in [2.24, 2.45) is 0 Å². The third-order valence-corrected chi connectivity index (χ3v) is 6.85. The molecule has 1 aliphatic heterocycles. The maximum atomic E-state index is 12.8. The van der Waals surface area contributed by atoms with Crippen molar-refractivity contribution in [2.45, 2.75) is 52.0 Å². The quantitative estimate of drug-likeness (QED) is 0.703. The fraction of sp³-hybridized carbons (Fsp3) is 0.435. The molecule has 1 N–H and O–H groups in total. The maximum absolute atomic E-state index is 12.8. The van der Waals surface area contributed by atoms with Gasteiger partial charge >= 0.3 is 5.97 Å². The molecular formula is C23H26N2O4S. The molecule has 1 saturated heterocycles. The number of carbonyl (C=O) groups excluding carboxylic acids is 3. The van der Waals surface area contributed by atoms with Crippen LogP contribution in [0.1, 0.15) is 69.3 Å². The zero-order valence-electron chi connectivity index (χ0n) is 17.2. The minimum Gasteiger partial charge on any atom is -0.462 e. The Bertz CT molecular complexity index is 964. The number of benzene rings is 1. The van der Waals surface area contributed by atoms with E-state index in [1.54, 1.807) is 19.1 Å². The number of fused-ring (bicyclic) bond motifs is 1. The Morgan fingerprint density at radius 3 is 2.57 bits per heavy atom. The zero-order valence-corrected chi connectivity index (χ0v) is 18.0. The summed E-state index contributed by atoms with van der Waals surface area (Å²) in [4.78, 5) is 40.2. The SMILES string of the molecule is CCOC(=O)c1c(NC(=O)c2ccc(CN3CCCC3=O)cc2)sc2c1CCCC2. The highest BCUT2D eigenvalue weighted by Crippen LogP contribution is 2.38. The first kappa shape index (κ1) is 20.6. The molecular weight excluding hydrogens is 400 g/mol. The molecule has 1 aromatic heterocycles. The number of aryl methyl sites for hydroxylation is 1. The van der Waals surface area contributed by atoms with Crippen molar-refractivity contribution in [3.8, 4) is 0 Å². The van der Waals surface area contributed by atoms with E-state index in [1.807, 2.05) is 17.0 Å². The number of likely N-dealkylation sites (tertiary alicyclic amines) is 1. The lowest BCUT2D eigenvalue weighted by Crippen LogP contribution is -2.23. The molecule has 30 heavy (non-hydrogen) atoms. The molecule has 0 radical (unpaired) electrons. The molecule has 0 spiro atoms. The van der Waals surface area contributed by atoms with Crippen LogP contribution in [0.25, 0.3) is 0 Å². The number of hydrogen-bond donors (Lipinski definition) is 1. The summed E-state index contributed by atoms with van der Waals surface area (Å²) >= 11 is 1.49. The summed E-state index contributed by atoms with van der Waals surface area (Å²) in [7, 11) is 0. The van der Waals surface area contributed by atoms with E-state index in [9.17, 15) is 14.4 Å². The van der Waals surface area contributed by atoms with Gasteiger partial charge in [-0.25, -0.2) is 4.79 Å². The van der Waals surface area contributed by atoms with Crippen molar-refractivity contribution in [2.75, 3.05) is 18.5 Å². The van der Waals surface area contributed by atoms with Crippen LogP contribution < -0.4 is 5.32 Å². The summed E-state index contributed by atoms with van der Waals surface area (Å²) in [6, 6.07) is 7.30. The molecule has 2 heterocycles. The van der Waals surface area contributed by atoms with Gasteiger partial charge in [0.1, 0.15) is 5.00 Å². The molecule has 0 saturated carbocycles. The highest BCUT2D eigenvalue weighted by molar-refractivity contribution is 7.17. The second-order valence-electron chi connectivity index (χ2n) is 7.71. The van der Waals surface area contributed by atoms with Gasteiger partial charge in [-0.1, -0.05) is 12.1 Å². The Balaban J connectivity index is 1.50. The average Bonchev–Trinajstić information content (AvgIpc) is 3.31. The number of nitrogens with one attached hydrogen (secondary N) is 1. The molecule has 0 bridgehead atoms. The number of ether oxygens (including phenoxy) is 1. The number of rotatable bonds is 6. The molecule has 2 amide bonds. The summed E-state index contributed by atoms with van der Waals surface area (Å²) in [5.74, 6) is -0.425. The predicted molar refractivity (Wildman–Crippen MR) is 116 cm³/mol. The molecule has 2 aliphatic rings. The number of amides is 2. The first-order valence-electron chi connectivity index (χ1n) is 10.6. The summed E-state index contributed by atoms with van der Waals surface area (Å²) in [6.45, 7) is 3.45. The van der Waals surface area contributed by atoms with Crippen molar-refractivity contribution in [3.05, 3.63) is 51.4 Å². The van der Waals surface area contributed by atoms with Gasteiger partial charge in [-0.3, -0.25) is 9.59 Å². The molecule has 0 unspecified atom stereocenters.